The molecule has 4 rings (SSSR count). The number of likely N-dealkylation sites (tertiary alicyclic amines) is 1. The van der Waals surface area contributed by atoms with Crippen molar-refractivity contribution in [1.82, 2.24) is 9.80 Å². The Balaban J connectivity index is 1.44. The minimum Gasteiger partial charge on any atom is -0.497 e. The molecule has 2 aromatic rings. The number of methoxy groups -OCH3 is 1. The largest absolute Gasteiger partial charge is 0.497 e. The summed E-state index contributed by atoms with van der Waals surface area (Å²) < 4.78 is 20.0. The van der Waals surface area contributed by atoms with E-state index in [4.69, 9.17) is 4.74 Å². The molecule has 0 spiro atoms. The van der Waals surface area contributed by atoms with Gasteiger partial charge >= 0.3 is 0 Å². The molecule has 1 saturated heterocycles. The van der Waals surface area contributed by atoms with E-state index in [1.54, 1.807) is 24.1 Å². The van der Waals surface area contributed by atoms with Crippen LogP contribution in [0.1, 0.15) is 36.8 Å². The van der Waals surface area contributed by atoms with Crippen molar-refractivity contribution in [3.05, 3.63) is 71.6 Å². The van der Waals surface area contributed by atoms with Gasteiger partial charge in [-0.25, -0.2) is 4.39 Å². The number of carbonyl (C=O) groups excluding carboxylic acids is 2. The normalized spacial score (nSPS) is 17.9. The van der Waals surface area contributed by atoms with Crippen molar-refractivity contribution in [1.29, 1.82) is 0 Å². The molecule has 1 heterocycles. The molecule has 1 saturated carbocycles. The van der Waals surface area contributed by atoms with Crippen LogP contribution in [0.4, 0.5) is 4.39 Å². The zero-order valence-electron chi connectivity index (χ0n) is 20.0. The maximum Gasteiger partial charge on any atom is 0.282 e. The minimum atomic E-state index is -0.737. The third-order valence-corrected chi connectivity index (χ3v) is 7.02. The Morgan fingerprint density at radius 1 is 1.09 bits per heavy atom. The second-order valence-corrected chi connectivity index (χ2v) is 9.38. The summed E-state index contributed by atoms with van der Waals surface area (Å²) in [5.74, 6) is 0.102. The van der Waals surface area contributed by atoms with Crippen LogP contribution in [0.5, 0.6) is 5.75 Å². The third kappa shape index (κ3) is 5.85. The van der Waals surface area contributed by atoms with Crippen LogP contribution in [0.25, 0.3) is 6.08 Å². The van der Waals surface area contributed by atoms with Crippen molar-refractivity contribution < 1.29 is 18.7 Å². The number of hydrogen-bond donors (Lipinski definition) is 0. The molecule has 2 fully saturated rings. The van der Waals surface area contributed by atoms with Crippen molar-refractivity contribution in [3.8, 4) is 5.75 Å². The van der Waals surface area contributed by atoms with Gasteiger partial charge in [-0.15, -0.1) is 0 Å². The van der Waals surface area contributed by atoms with Gasteiger partial charge in [-0.1, -0.05) is 42.5 Å². The molecule has 1 aliphatic carbocycles. The highest BCUT2D eigenvalue weighted by molar-refractivity contribution is 5.95. The molecule has 1 aliphatic heterocycles. The Hall–Kier alpha value is -3.15. The van der Waals surface area contributed by atoms with Gasteiger partial charge in [-0.05, 0) is 67.4 Å². The van der Waals surface area contributed by atoms with Gasteiger partial charge in [0.05, 0.1) is 7.11 Å². The average Bonchev–Trinajstić information content (AvgIpc) is 3.72. The van der Waals surface area contributed by atoms with Gasteiger partial charge in [0.1, 0.15) is 5.75 Å². The van der Waals surface area contributed by atoms with Crippen LogP contribution < -0.4 is 4.74 Å². The maximum atomic E-state index is 14.6. The molecule has 2 aromatic carbocycles. The first-order chi connectivity index (χ1) is 16.5. The zero-order chi connectivity index (χ0) is 24.1. The number of piperidine rings is 1. The number of hydrogen-bond acceptors (Lipinski definition) is 3. The summed E-state index contributed by atoms with van der Waals surface area (Å²) in [7, 11) is 3.56. The highest BCUT2D eigenvalue weighted by Crippen LogP contribution is 2.34. The first-order valence-corrected chi connectivity index (χ1v) is 12.1. The number of halogens is 1. The molecule has 0 bridgehead atoms. The molecule has 180 valence electrons. The Morgan fingerprint density at radius 2 is 1.79 bits per heavy atom. The van der Waals surface area contributed by atoms with Gasteiger partial charge < -0.3 is 14.5 Å². The van der Waals surface area contributed by atoms with E-state index in [2.05, 4.69) is 6.07 Å². The van der Waals surface area contributed by atoms with Gasteiger partial charge in [-0.3, -0.25) is 9.59 Å². The third-order valence-electron chi connectivity index (χ3n) is 7.02. The second kappa shape index (κ2) is 10.9. The molecule has 34 heavy (non-hydrogen) atoms. The van der Waals surface area contributed by atoms with Crippen LogP contribution >= 0.6 is 0 Å². The molecule has 0 unspecified atom stereocenters. The van der Waals surface area contributed by atoms with Gasteiger partial charge in [0.2, 0.25) is 5.91 Å². The average molecular weight is 465 g/mol. The van der Waals surface area contributed by atoms with Crippen molar-refractivity contribution in [3.63, 3.8) is 0 Å². The van der Waals surface area contributed by atoms with Crippen LogP contribution in [-0.4, -0.2) is 54.9 Å². The number of carbonyl (C=O) groups is 2. The summed E-state index contributed by atoms with van der Waals surface area (Å²) in [6.07, 6.45) is 5.43. The van der Waals surface area contributed by atoms with Crippen LogP contribution in [0.15, 0.2) is 60.4 Å². The topological polar surface area (TPSA) is 49.9 Å². The van der Waals surface area contributed by atoms with Crippen molar-refractivity contribution in [2.45, 2.75) is 38.1 Å². The maximum absolute atomic E-state index is 14.6. The Labute approximate surface area is 201 Å². The summed E-state index contributed by atoms with van der Waals surface area (Å²) in [5.41, 5.74) is 1.79. The number of ether oxygens (including phenoxy) is 1. The van der Waals surface area contributed by atoms with E-state index < -0.39 is 11.7 Å². The lowest BCUT2D eigenvalue weighted by Gasteiger charge is -2.40. The number of benzene rings is 2. The lowest BCUT2D eigenvalue weighted by molar-refractivity contribution is -0.136. The van der Waals surface area contributed by atoms with E-state index in [1.807, 2.05) is 48.3 Å². The fraction of sp³-hybridized carbons (Fsp3) is 0.429. The SMILES string of the molecule is COc1cccc(C[C@@H](C2CCN(C(=O)/C(F)=C/c3ccccc3)CC2)N(C)C(=O)C2CC2)c1. The van der Waals surface area contributed by atoms with Crippen molar-refractivity contribution >= 4 is 17.9 Å². The lowest BCUT2D eigenvalue weighted by Crippen LogP contribution is -2.49. The Morgan fingerprint density at radius 3 is 2.44 bits per heavy atom. The number of likely N-dealkylation sites (N-methyl/N-ethyl adjacent to an activating group) is 1. The van der Waals surface area contributed by atoms with E-state index >= 15 is 0 Å². The fourth-order valence-corrected chi connectivity index (χ4v) is 4.84. The van der Waals surface area contributed by atoms with Crippen LogP contribution in [0.3, 0.4) is 0 Å². The van der Waals surface area contributed by atoms with Crippen LogP contribution in [-0.2, 0) is 16.0 Å². The molecular weight excluding hydrogens is 431 g/mol. The summed E-state index contributed by atoms with van der Waals surface area (Å²) in [4.78, 5) is 29.1. The van der Waals surface area contributed by atoms with Gasteiger partial charge in [0.15, 0.2) is 5.83 Å². The molecule has 2 amide bonds. The molecule has 0 N–H and O–H groups in total. The van der Waals surface area contributed by atoms with E-state index in [-0.39, 0.29) is 23.8 Å². The van der Waals surface area contributed by atoms with Crippen LogP contribution in [0, 0.1) is 11.8 Å². The molecule has 6 heteroatoms. The predicted molar refractivity (Wildman–Crippen MR) is 131 cm³/mol. The van der Waals surface area contributed by atoms with Crippen molar-refractivity contribution in [2.75, 3.05) is 27.2 Å². The van der Waals surface area contributed by atoms with E-state index in [1.165, 1.54) is 6.08 Å². The predicted octanol–water partition coefficient (Wildman–Crippen LogP) is 4.72. The first-order valence-electron chi connectivity index (χ1n) is 12.1. The number of nitrogens with zero attached hydrogens (tertiary/aromatic N) is 2. The van der Waals surface area contributed by atoms with Gasteiger partial charge in [0.25, 0.3) is 5.91 Å². The zero-order valence-corrected chi connectivity index (χ0v) is 20.0. The molecule has 0 aromatic heterocycles. The van der Waals surface area contributed by atoms with E-state index in [0.717, 1.165) is 43.4 Å². The number of rotatable bonds is 8. The molecule has 2 aliphatic rings. The van der Waals surface area contributed by atoms with E-state index in [0.29, 0.717) is 18.7 Å². The molecular formula is C28H33FN2O3. The minimum absolute atomic E-state index is 0.0298. The highest BCUT2D eigenvalue weighted by Gasteiger charge is 2.38. The molecule has 5 nitrogen and oxygen atoms in total. The summed E-state index contributed by atoms with van der Waals surface area (Å²) >= 11 is 0. The monoisotopic (exact) mass is 464 g/mol. The Kier molecular flexibility index (Phi) is 7.66. The van der Waals surface area contributed by atoms with E-state index in [9.17, 15) is 14.0 Å². The summed E-state index contributed by atoms with van der Waals surface area (Å²) in [5, 5.41) is 0. The first kappa shape index (κ1) is 24.0. The standard InChI is InChI=1S/C28H33FN2O3/c1-30(27(32)23-11-12-23)26(19-21-9-6-10-24(17-21)34-2)22-13-15-31(16-14-22)28(33)25(29)18-20-7-4-3-5-8-20/h3-10,17-18,22-23,26H,11-16,19H2,1-2H3/b25-18-/t26-/m0/s1. The van der Waals surface area contributed by atoms with Gasteiger partial charge in [0, 0.05) is 32.1 Å². The Bertz CT molecular complexity index is 1030. The summed E-state index contributed by atoms with van der Waals surface area (Å²) in [6, 6.07) is 17.0. The van der Waals surface area contributed by atoms with Crippen LogP contribution in [0.2, 0.25) is 0 Å². The quantitative estimate of drug-likeness (QED) is 0.531. The molecule has 0 radical (unpaired) electrons. The highest BCUT2D eigenvalue weighted by atomic mass is 19.1. The number of amides is 2. The lowest BCUT2D eigenvalue weighted by atomic mass is 9.84. The van der Waals surface area contributed by atoms with Crippen molar-refractivity contribution in [2.24, 2.45) is 11.8 Å². The van der Waals surface area contributed by atoms with Gasteiger partial charge in [-0.2, -0.15) is 0 Å². The summed E-state index contributed by atoms with van der Waals surface area (Å²) in [6.45, 7) is 0.971. The second-order valence-electron chi connectivity index (χ2n) is 9.38. The molecule has 1 atom stereocenters. The smallest absolute Gasteiger partial charge is 0.282 e. The fourth-order valence-electron chi connectivity index (χ4n) is 4.84.